The maximum absolute atomic E-state index is 12.7. The summed E-state index contributed by atoms with van der Waals surface area (Å²) in [4.78, 5) is 26.5. The number of allylic oxidation sites excluding steroid dienone is 1. The quantitative estimate of drug-likeness (QED) is 0.464. The summed E-state index contributed by atoms with van der Waals surface area (Å²) in [5.74, 6) is -0.421. The van der Waals surface area contributed by atoms with Crippen molar-refractivity contribution in [3.63, 3.8) is 0 Å². The van der Waals surface area contributed by atoms with Crippen molar-refractivity contribution in [1.82, 2.24) is 0 Å². The van der Waals surface area contributed by atoms with Crippen LogP contribution in [0.2, 0.25) is 0 Å². The average molecular weight is 435 g/mol. The molecule has 1 aliphatic rings. The fraction of sp³-hybridized carbons (Fsp3) is 0.474. The number of halogens is 3. The van der Waals surface area contributed by atoms with Gasteiger partial charge in [-0.15, -0.1) is 0 Å². The molecule has 0 saturated carbocycles. The average Bonchev–Trinajstić information content (AvgIpc) is 2.50. The minimum absolute atomic E-state index is 0.0220. The zero-order valence-electron chi connectivity index (χ0n) is 15.6. The van der Waals surface area contributed by atoms with E-state index in [9.17, 15) is 9.59 Å². The van der Waals surface area contributed by atoms with Crippen LogP contribution in [0.5, 0.6) is 0 Å². The number of hydrogen-bond donors (Lipinski definition) is 0. The number of para-hydroxylation sites is 1. The Hall–Kier alpha value is -1.43. The molecule has 0 fully saturated rings. The lowest BCUT2D eigenvalue weighted by molar-refractivity contribution is -0.154. The highest BCUT2D eigenvalue weighted by Crippen LogP contribution is 2.36. The van der Waals surface area contributed by atoms with Gasteiger partial charge in [0.1, 0.15) is 12.2 Å². The van der Waals surface area contributed by atoms with Gasteiger partial charge in [-0.2, -0.15) is 0 Å². The lowest BCUT2D eigenvalue weighted by Gasteiger charge is -2.35. The van der Waals surface area contributed by atoms with Crippen molar-refractivity contribution in [1.29, 1.82) is 0 Å². The van der Waals surface area contributed by atoms with Crippen molar-refractivity contribution in [3.05, 3.63) is 35.9 Å². The molecule has 1 aliphatic heterocycles. The summed E-state index contributed by atoms with van der Waals surface area (Å²) in [5.41, 5.74) is 1.82. The maximum atomic E-state index is 12.7. The molecular weight excluding hydrogens is 413 g/mol. The number of hydrogen-bond acceptors (Lipinski definition) is 4. The molecule has 2 rings (SSSR count). The predicted molar refractivity (Wildman–Crippen MR) is 108 cm³/mol. The van der Waals surface area contributed by atoms with Gasteiger partial charge >= 0.3 is 12.1 Å². The van der Waals surface area contributed by atoms with E-state index in [0.717, 1.165) is 11.1 Å². The van der Waals surface area contributed by atoms with Crippen molar-refractivity contribution < 1.29 is 19.1 Å². The number of benzene rings is 1. The Balaban J connectivity index is 2.31. The maximum Gasteiger partial charge on any atom is 0.415 e. The molecule has 27 heavy (non-hydrogen) atoms. The molecule has 0 N–H and O–H groups in total. The standard InChI is InChI=1S/C19H22Cl3NO4/c1-12-9-13(10-16(24)27-18(2,3)4)23(15-8-6-5-7-14(12)15)17(25)26-11-19(20,21)22/h5-9,13H,10-11H2,1-4H3/t13-/m0/s1. The second-order valence-electron chi connectivity index (χ2n) is 7.26. The minimum Gasteiger partial charge on any atom is -0.460 e. The first-order chi connectivity index (χ1) is 12.4. The summed E-state index contributed by atoms with van der Waals surface area (Å²) in [6.07, 6.45) is 1.11. The summed E-state index contributed by atoms with van der Waals surface area (Å²) < 4.78 is 8.83. The number of rotatable bonds is 3. The van der Waals surface area contributed by atoms with Gasteiger partial charge in [0.15, 0.2) is 0 Å². The smallest absolute Gasteiger partial charge is 0.415 e. The van der Waals surface area contributed by atoms with Crippen molar-refractivity contribution >= 4 is 58.1 Å². The Morgan fingerprint density at radius 1 is 1.15 bits per heavy atom. The number of anilines is 1. The molecule has 0 aromatic heterocycles. The zero-order valence-corrected chi connectivity index (χ0v) is 17.9. The lowest BCUT2D eigenvalue weighted by Crippen LogP contribution is -2.44. The third kappa shape index (κ3) is 6.30. The van der Waals surface area contributed by atoms with E-state index in [1.807, 2.05) is 25.1 Å². The first-order valence-corrected chi connectivity index (χ1v) is 9.53. The lowest BCUT2D eigenvalue weighted by atomic mass is 9.95. The molecule has 0 aliphatic carbocycles. The number of nitrogens with zero attached hydrogens (tertiary/aromatic N) is 1. The van der Waals surface area contributed by atoms with Crippen LogP contribution in [0.4, 0.5) is 10.5 Å². The van der Waals surface area contributed by atoms with E-state index in [0.29, 0.717) is 5.69 Å². The molecule has 0 saturated heterocycles. The fourth-order valence-corrected chi connectivity index (χ4v) is 2.96. The van der Waals surface area contributed by atoms with Crippen LogP contribution in [0, 0.1) is 0 Å². The van der Waals surface area contributed by atoms with Gasteiger partial charge in [-0.1, -0.05) is 59.1 Å². The normalized spacial score (nSPS) is 17.1. The molecule has 1 amide bonds. The summed E-state index contributed by atoms with van der Waals surface area (Å²) in [7, 11) is 0. The van der Waals surface area contributed by atoms with Gasteiger partial charge in [0, 0.05) is 5.56 Å². The summed E-state index contributed by atoms with van der Waals surface area (Å²) in [6, 6.07) is 6.77. The monoisotopic (exact) mass is 433 g/mol. The van der Waals surface area contributed by atoms with Crippen LogP contribution in [-0.4, -0.2) is 34.1 Å². The molecule has 5 nitrogen and oxygen atoms in total. The molecule has 1 aromatic rings. The van der Waals surface area contributed by atoms with E-state index in [2.05, 4.69) is 0 Å². The van der Waals surface area contributed by atoms with Gasteiger partial charge in [0.25, 0.3) is 0 Å². The van der Waals surface area contributed by atoms with Crippen LogP contribution < -0.4 is 4.90 Å². The number of amides is 1. The van der Waals surface area contributed by atoms with Gasteiger partial charge in [0.2, 0.25) is 3.79 Å². The highest BCUT2D eigenvalue weighted by Gasteiger charge is 2.35. The summed E-state index contributed by atoms with van der Waals surface area (Å²) >= 11 is 17.0. The molecule has 0 unspecified atom stereocenters. The molecule has 1 heterocycles. The number of carbonyl (C=O) groups is 2. The molecule has 1 atom stereocenters. The van der Waals surface area contributed by atoms with Crippen molar-refractivity contribution in [2.24, 2.45) is 0 Å². The number of alkyl halides is 3. The van der Waals surface area contributed by atoms with Gasteiger partial charge in [-0.05, 0) is 39.3 Å². The van der Waals surface area contributed by atoms with Crippen molar-refractivity contribution in [3.8, 4) is 0 Å². The fourth-order valence-electron chi connectivity index (χ4n) is 2.80. The third-order valence-electron chi connectivity index (χ3n) is 3.71. The van der Waals surface area contributed by atoms with Gasteiger partial charge in [-0.25, -0.2) is 4.79 Å². The number of ether oxygens (including phenoxy) is 2. The number of esters is 1. The summed E-state index contributed by atoms with van der Waals surface area (Å²) in [5, 5.41) is 0. The molecule has 148 valence electrons. The van der Waals surface area contributed by atoms with E-state index in [4.69, 9.17) is 44.3 Å². The Labute approximate surface area is 174 Å². The SMILES string of the molecule is CC1=C[C@@H](CC(=O)OC(C)(C)C)N(C(=O)OCC(Cl)(Cl)Cl)c2ccccc21. The van der Waals surface area contributed by atoms with E-state index in [-0.39, 0.29) is 6.42 Å². The Morgan fingerprint density at radius 3 is 2.37 bits per heavy atom. The molecule has 1 aromatic carbocycles. The van der Waals surface area contributed by atoms with Crippen LogP contribution in [0.25, 0.3) is 5.57 Å². The molecular formula is C19H22Cl3NO4. The van der Waals surface area contributed by atoms with Crippen molar-refractivity contribution in [2.75, 3.05) is 11.5 Å². The largest absolute Gasteiger partial charge is 0.460 e. The molecule has 8 heteroatoms. The molecule has 0 bridgehead atoms. The molecule has 0 radical (unpaired) electrons. The third-order valence-corrected chi connectivity index (χ3v) is 4.04. The Morgan fingerprint density at radius 2 is 1.78 bits per heavy atom. The number of fused-ring (bicyclic) bond motifs is 1. The second-order valence-corrected chi connectivity index (χ2v) is 9.78. The van der Waals surface area contributed by atoms with Crippen LogP contribution in [0.15, 0.2) is 30.3 Å². The zero-order chi connectivity index (χ0) is 20.4. The van der Waals surface area contributed by atoms with Crippen molar-refractivity contribution in [2.45, 2.75) is 49.6 Å². The van der Waals surface area contributed by atoms with Gasteiger partial charge in [0.05, 0.1) is 18.2 Å². The predicted octanol–water partition coefficient (Wildman–Crippen LogP) is 5.52. The van der Waals surface area contributed by atoms with Gasteiger partial charge < -0.3 is 9.47 Å². The van der Waals surface area contributed by atoms with Crippen LogP contribution in [-0.2, 0) is 14.3 Å². The van der Waals surface area contributed by atoms with E-state index >= 15 is 0 Å². The Kier molecular flexibility index (Phi) is 6.72. The highest BCUT2D eigenvalue weighted by molar-refractivity contribution is 6.67. The highest BCUT2D eigenvalue weighted by atomic mass is 35.6. The first kappa shape index (κ1) is 21.9. The number of carbonyl (C=O) groups excluding carboxylic acids is 2. The van der Waals surface area contributed by atoms with Crippen LogP contribution in [0.1, 0.15) is 39.7 Å². The summed E-state index contributed by atoms with van der Waals surface area (Å²) in [6.45, 7) is 6.88. The van der Waals surface area contributed by atoms with E-state index in [1.54, 1.807) is 32.9 Å². The first-order valence-electron chi connectivity index (χ1n) is 8.40. The second kappa shape index (κ2) is 8.29. The Bertz CT molecular complexity index is 750. The van der Waals surface area contributed by atoms with E-state index < -0.39 is 34.1 Å². The minimum atomic E-state index is -1.72. The topological polar surface area (TPSA) is 55.8 Å². The van der Waals surface area contributed by atoms with E-state index in [1.165, 1.54) is 4.90 Å². The molecule has 0 spiro atoms. The van der Waals surface area contributed by atoms with Gasteiger partial charge in [-0.3, -0.25) is 9.69 Å². The van der Waals surface area contributed by atoms with Crippen LogP contribution >= 0.6 is 34.8 Å². The van der Waals surface area contributed by atoms with Crippen LogP contribution in [0.3, 0.4) is 0 Å².